The minimum atomic E-state index is -4.54. The van der Waals surface area contributed by atoms with Gasteiger partial charge in [-0.05, 0) is 44.9 Å². The van der Waals surface area contributed by atoms with Crippen molar-refractivity contribution in [2.75, 3.05) is 0 Å². The number of alkyl halides is 3. The number of benzene rings is 1. The van der Waals surface area contributed by atoms with Crippen LogP contribution >= 0.6 is 0 Å². The van der Waals surface area contributed by atoms with Crippen molar-refractivity contribution in [3.63, 3.8) is 0 Å². The zero-order valence-corrected chi connectivity index (χ0v) is 17.4. The molecule has 0 unspecified atom stereocenters. The predicted octanol–water partition coefficient (Wildman–Crippen LogP) is 4.66. The summed E-state index contributed by atoms with van der Waals surface area (Å²) in [6, 6.07) is 3.98. The first-order chi connectivity index (χ1) is 14.1. The van der Waals surface area contributed by atoms with Crippen LogP contribution in [0.15, 0.2) is 34.9 Å². The van der Waals surface area contributed by atoms with Crippen LogP contribution in [0.1, 0.15) is 72.8 Å². The normalized spacial score (nSPS) is 13.6. The summed E-state index contributed by atoms with van der Waals surface area (Å²) in [6.07, 6.45) is -2.01. The van der Waals surface area contributed by atoms with Crippen LogP contribution < -0.4 is 5.32 Å². The highest BCUT2D eigenvalue weighted by Crippen LogP contribution is 2.30. The Hall–Kier alpha value is -2.84. The molecule has 6 nitrogen and oxygen atoms in total. The van der Waals surface area contributed by atoms with Crippen molar-refractivity contribution in [3.05, 3.63) is 53.2 Å². The van der Waals surface area contributed by atoms with Crippen molar-refractivity contribution in [1.29, 1.82) is 0 Å². The van der Waals surface area contributed by atoms with Gasteiger partial charge in [0, 0.05) is 17.6 Å². The van der Waals surface area contributed by atoms with Crippen molar-refractivity contribution >= 4 is 11.8 Å². The van der Waals surface area contributed by atoms with Crippen LogP contribution in [0.2, 0.25) is 0 Å². The molecule has 2 aromatic rings. The summed E-state index contributed by atoms with van der Waals surface area (Å²) in [5, 5.41) is 2.77. The van der Waals surface area contributed by atoms with E-state index in [1.54, 1.807) is 6.92 Å². The number of carbonyl (C=O) groups is 2. The summed E-state index contributed by atoms with van der Waals surface area (Å²) < 4.78 is 44.4. The van der Waals surface area contributed by atoms with Gasteiger partial charge in [-0.2, -0.15) is 13.2 Å². The monoisotopic (exact) mass is 425 g/mol. The molecule has 0 aliphatic heterocycles. The molecule has 0 bridgehead atoms. The maximum absolute atomic E-state index is 13.0. The van der Waals surface area contributed by atoms with Gasteiger partial charge in [0.2, 0.25) is 5.89 Å². The van der Waals surface area contributed by atoms with E-state index < -0.39 is 23.6 Å². The van der Waals surface area contributed by atoms with Crippen molar-refractivity contribution in [2.24, 2.45) is 0 Å². The van der Waals surface area contributed by atoms with E-state index in [4.69, 9.17) is 4.42 Å². The van der Waals surface area contributed by atoms with Gasteiger partial charge in [-0.3, -0.25) is 9.59 Å². The van der Waals surface area contributed by atoms with E-state index >= 15 is 0 Å². The summed E-state index contributed by atoms with van der Waals surface area (Å²) in [4.78, 5) is 30.7. The average molecular weight is 425 g/mol. The molecule has 1 N–H and O–H groups in total. The number of hydrogen-bond donors (Lipinski definition) is 1. The van der Waals surface area contributed by atoms with Gasteiger partial charge in [0.05, 0.1) is 12.1 Å². The lowest BCUT2D eigenvalue weighted by molar-refractivity contribution is -0.137. The molecule has 0 saturated heterocycles. The molecule has 1 heterocycles. The second-order valence-corrected chi connectivity index (χ2v) is 7.18. The Morgan fingerprint density at radius 1 is 1.20 bits per heavy atom. The maximum atomic E-state index is 13.0. The van der Waals surface area contributed by atoms with Gasteiger partial charge < -0.3 is 14.6 Å². The quantitative estimate of drug-likeness (QED) is 0.667. The van der Waals surface area contributed by atoms with E-state index in [1.165, 1.54) is 23.3 Å². The van der Waals surface area contributed by atoms with E-state index in [-0.39, 0.29) is 35.8 Å². The Kier molecular flexibility index (Phi) is 7.64. The molecule has 0 fully saturated rings. The van der Waals surface area contributed by atoms with Gasteiger partial charge in [0.1, 0.15) is 6.26 Å². The SMILES string of the molecule is CC[C@@H](C)NC(=O)c1coc(CN(C(=O)c2cccc(C(F)(F)F)c2)[C@H](C)CC)n1. The first-order valence-corrected chi connectivity index (χ1v) is 9.80. The van der Waals surface area contributed by atoms with Crippen LogP contribution in [-0.2, 0) is 12.7 Å². The molecule has 2 amide bonds. The number of oxazole rings is 1. The Morgan fingerprint density at radius 2 is 1.90 bits per heavy atom. The maximum Gasteiger partial charge on any atom is 0.416 e. The summed E-state index contributed by atoms with van der Waals surface area (Å²) >= 11 is 0. The average Bonchev–Trinajstić information content (AvgIpc) is 3.19. The molecule has 2 atom stereocenters. The van der Waals surface area contributed by atoms with Crippen LogP contribution in [0.25, 0.3) is 0 Å². The smallest absolute Gasteiger partial charge is 0.416 e. The van der Waals surface area contributed by atoms with Crippen LogP contribution in [0.5, 0.6) is 0 Å². The van der Waals surface area contributed by atoms with Crippen LogP contribution in [0.4, 0.5) is 13.2 Å². The fourth-order valence-corrected chi connectivity index (χ4v) is 2.68. The lowest BCUT2D eigenvalue weighted by atomic mass is 10.1. The van der Waals surface area contributed by atoms with Gasteiger partial charge in [-0.25, -0.2) is 4.98 Å². The highest BCUT2D eigenvalue weighted by Gasteiger charge is 2.32. The Labute approximate surface area is 173 Å². The van der Waals surface area contributed by atoms with Crippen molar-refractivity contribution < 1.29 is 27.2 Å². The Morgan fingerprint density at radius 3 is 2.50 bits per heavy atom. The lowest BCUT2D eigenvalue weighted by Crippen LogP contribution is -2.38. The summed E-state index contributed by atoms with van der Waals surface area (Å²) in [5.74, 6) is -0.831. The number of nitrogens with one attached hydrogen (secondary N) is 1. The third kappa shape index (κ3) is 5.84. The topological polar surface area (TPSA) is 75.4 Å². The van der Waals surface area contributed by atoms with Gasteiger partial charge in [-0.15, -0.1) is 0 Å². The van der Waals surface area contributed by atoms with E-state index in [1.807, 2.05) is 20.8 Å². The van der Waals surface area contributed by atoms with Gasteiger partial charge in [0.25, 0.3) is 11.8 Å². The molecule has 0 radical (unpaired) electrons. The molecule has 164 valence electrons. The lowest BCUT2D eigenvalue weighted by Gasteiger charge is -2.27. The van der Waals surface area contributed by atoms with Gasteiger partial charge >= 0.3 is 6.18 Å². The Balaban J connectivity index is 2.23. The third-order valence-corrected chi connectivity index (χ3v) is 4.90. The summed E-state index contributed by atoms with van der Waals surface area (Å²) in [7, 11) is 0. The summed E-state index contributed by atoms with van der Waals surface area (Å²) in [5.41, 5.74) is -0.884. The van der Waals surface area contributed by atoms with Crippen molar-refractivity contribution in [2.45, 2.75) is 65.3 Å². The zero-order chi connectivity index (χ0) is 22.5. The minimum Gasteiger partial charge on any atom is -0.446 e. The molecule has 2 rings (SSSR count). The molecule has 0 aliphatic carbocycles. The zero-order valence-electron chi connectivity index (χ0n) is 17.4. The van der Waals surface area contributed by atoms with E-state index in [0.717, 1.165) is 18.6 Å². The molecule has 1 aromatic heterocycles. The Bertz CT molecular complexity index is 880. The fourth-order valence-electron chi connectivity index (χ4n) is 2.68. The standard InChI is InChI=1S/C21H26F3N3O3/c1-5-13(3)25-19(28)17-12-30-18(26-17)11-27(14(4)6-2)20(29)15-8-7-9-16(10-15)21(22,23)24/h7-10,12-14H,5-6,11H2,1-4H3,(H,25,28)/t13-,14-/m1/s1. The number of nitrogens with zero attached hydrogens (tertiary/aromatic N) is 2. The fraction of sp³-hybridized carbons (Fsp3) is 0.476. The van der Waals surface area contributed by atoms with Crippen LogP contribution in [0, 0.1) is 0 Å². The number of amides is 2. The molecule has 1 aromatic carbocycles. The first kappa shape index (κ1) is 23.4. The first-order valence-electron chi connectivity index (χ1n) is 9.80. The van der Waals surface area contributed by atoms with Crippen molar-refractivity contribution in [3.8, 4) is 0 Å². The minimum absolute atomic E-state index is 0.0308. The van der Waals surface area contributed by atoms with Crippen LogP contribution in [-0.4, -0.2) is 33.8 Å². The second kappa shape index (κ2) is 9.77. The molecule has 30 heavy (non-hydrogen) atoms. The number of hydrogen-bond acceptors (Lipinski definition) is 4. The molecule has 0 saturated carbocycles. The van der Waals surface area contributed by atoms with Crippen LogP contribution in [0.3, 0.4) is 0 Å². The molecular weight excluding hydrogens is 399 g/mol. The highest BCUT2D eigenvalue weighted by molar-refractivity contribution is 5.94. The van der Waals surface area contributed by atoms with Gasteiger partial charge in [0.15, 0.2) is 5.69 Å². The number of halogens is 3. The van der Waals surface area contributed by atoms with E-state index in [9.17, 15) is 22.8 Å². The molecule has 0 aliphatic rings. The molecule has 9 heteroatoms. The highest BCUT2D eigenvalue weighted by atomic mass is 19.4. The molecular formula is C21H26F3N3O3. The second-order valence-electron chi connectivity index (χ2n) is 7.18. The number of aromatic nitrogens is 1. The largest absolute Gasteiger partial charge is 0.446 e. The van der Waals surface area contributed by atoms with E-state index in [0.29, 0.717) is 6.42 Å². The predicted molar refractivity (Wildman–Crippen MR) is 105 cm³/mol. The molecule has 0 spiro atoms. The number of rotatable bonds is 8. The summed E-state index contributed by atoms with van der Waals surface area (Å²) in [6.45, 7) is 7.36. The number of carbonyl (C=O) groups excluding carboxylic acids is 2. The van der Waals surface area contributed by atoms with Gasteiger partial charge in [-0.1, -0.05) is 19.9 Å². The van der Waals surface area contributed by atoms with Crippen molar-refractivity contribution in [1.82, 2.24) is 15.2 Å². The van der Waals surface area contributed by atoms with E-state index in [2.05, 4.69) is 10.3 Å². The third-order valence-electron chi connectivity index (χ3n) is 4.90.